The highest BCUT2D eigenvalue weighted by atomic mass is 32.2. The molecule has 0 fully saturated rings. The van der Waals surface area contributed by atoms with Crippen LogP contribution < -0.4 is 0 Å². The Bertz CT molecular complexity index is 563. The molecular weight excluding hydrogens is 263 g/mol. The van der Waals surface area contributed by atoms with Gasteiger partial charge in [-0.2, -0.15) is 21.6 Å². The van der Waals surface area contributed by atoms with Gasteiger partial charge in [-0.3, -0.25) is 4.55 Å². The lowest BCUT2D eigenvalue weighted by Crippen LogP contribution is -2.21. The van der Waals surface area contributed by atoms with Crippen molar-refractivity contribution in [2.75, 3.05) is 0 Å². The summed E-state index contributed by atoms with van der Waals surface area (Å²) < 4.78 is 57.5. The molecule has 2 rings (SSSR count). The number of nitrogens with one attached hydrogen (secondary N) is 1. The standard InChI is InChI=1S/C6H5N3.CHF3O3S/c1-2-5-6(7-3-1)9-4-8-5;2-1(3,4)8(5,6)7/h1-4H,(H,7,8,9);(H,5,6,7). The van der Waals surface area contributed by atoms with Gasteiger partial charge in [0.2, 0.25) is 0 Å². The van der Waals surface area contributed by atoms with E-state index in [1.54, 1.807) is 12.5 Å². The van der Waals surface area contributed by atoms with E-state index in [4.69, 9.17) is 13.0 Å². The Hall–Kier alpha value is -1.68. The van der Waals surface area contributed by atoms with Gasteiger partial charge in [-0.05, 0) is 12.1 Å². The molecule has 2 heterocycles. The second-order valence-electron chi connectivity index (χ2n) is 2.70. The van der Waals surface area contributed by atoms with E-state index in [0.717, 1.165) is 11.2 Å². The van der Waals surface area contributed by atoms with E-state index in [2.05, 4.69) is 15.0 Å². The maximum absolute atomic E-state index is 10.7. The number of nitrogens with zero attached hydrogens (tertiary/aromatic N) is 2. The summed E-state index contributed by atoms with van der Waals surface area (Å²) in [5.74, 6) is 0. The van der Waals surface area contributed by atoms with Crippen LogP contribution in [-0.4, -0.2) is 33.4 Å². The summed E-state index contributed by atoms with van der Waals surface area (Å²) in [7, 11) is -5.84. The van der Waals surface area contributed by atoms with Crippen LogP contribution >= 0.6 is 0 Å². The van der Waals surface area contributed by atoms with E-state index in [0.29, 0.717) is 0 Å². The number of aromatic nitrogens is 3. The lowest BCUT2D eigenvalue weighted by Gasteiger charge is -1.97. The summed E-state index contributed by atoms with van der Waals surface area (Å²) in [6.07, 6.45) is 3.36. The number of hydrogen-bond acceptors (Lipinski definition) is 4. The predicted octanol–water partition coefficient (Wildman–Crippen LogP) is 1.35. The van der Waals surface area contributed by atoms with Gasteiger partial charge < -0.3 is 4.98 Å². The van der Waals surface area contributed by atoms with Gasteiger partial charge in [0.25, 0.3) is 0 Å². The van der Waals surface area contributed by atoms with Crippen LogP contribution in [0.5, 0.6) is 0 Å². The van der Waals surface area contributed by atoms with E-state index >= 15 is 0 Å². The maximum atomic E-state index is 10.7. The van der Waals surface area contributed by atoms with Crippen molar-refractivity contribution in [1.29, 1.82) is 0 Å². The van der Waals surface area contributed by atoms with Crippen molar-refractivity contribution in [3.63, 3.8) is 0 Å². The van der Waals surface area contributed by atoms with Crippen LogP contribution in [0.3, 0.4) is 0 Å². The molecule has 0 aliphatic heterocycles. The Labute approximate surface area is 93.3 Å². The van der Waals surface area contributed by atoms with Crippen LogP contribution in [-0.2, 0) is 10.1 Å². The number of halogens is 3. The third kappa shape index (κ3) is 3.67. The fraction of sp³-hybridized carbons (Fsp3) is 0.143. The largest absolute Gasteiger partial charge is 0.522 e. The number of H-pyrrole nitrogens is 1. The van der Waals surface area contributed by atoms with E-state index in [1.165, 1.54) is 0 Å². The van der Waals surface area contributed by atoms with Crippen molar-refractivity contribution in [2.24, 2.45) is 0 Å². The molecule has 0 unspecified atom stereocenters. The second kappa shape index (κ2) is 4.67. The smallest absolute Gasteiger partial charge is 0.343 e. The first-order valence-corrected chi connectivity index (χ1v) is 5.43. The Kier molecular flexibility index (Phi) is 3.68. The van der Waals surface area contributed by atoms with E-state index in [9.17, 15) is 13.2 Å². The number of aromatic amines is 1. The van der Waals surface area contributed by atoms with Gasteiger partial charge in [0.05, 0.1) is 11.8 Å². The lowest BCUT2D eigenvalue weighted by atomic mass is 10.4. The number of fused-ring (bicyclic) bond motifs is 1. The molecule has 10 heteroatoms. The highest BCUT2D eigenvalue weighted by molar-refractivity contribution is 7.86. The molecule has 0 saturated heterocycles. The molecule has 0 aliphatic rings. The zero-order valence-electron chi connectivity index (χ0n) is 8.01. The molecule has 0 atom stereocenters. The SMILES string of the molecule is O=S(=O)(O)C(F)(F)F.c1cnc2nc[nH]c2c1. The van der Waals surface area contributed by atoms with Crippen molar-refractivity contribution in [3.05, 3.63) is 24.7 Å². The average Bonchev–Trinajstić information content (AvgIpc) is 2.62. The number of hydrogen-bond donors (Lipinski definition) is 2. The number of alkyl halides is 3. The molecule has 0 saturated carbocycles. The Morgan fingerprint density at radius 2 is 1.88 bits per heavy atom. The van der Waals surface area contributed by atoms with Gasteiger partial charge in [-0.25, -0.2) is 9.97 Å². The normalized spacial score (nSPS) is 12.0. The third-order valence-electron chi connectivity index (χ3n) is 1.49. The minimum atomic E-state index is -5.84. The molecule has 0 spiro atoms. The molecule has 0 radical (unpaired) electrons. The monoisotopic (exact) mass is 269 g/mol. The molecule has 6 nitrogen and oxygen atoms in total. The average molecular weight is 269 g/mol. The zero-order chi connectivity index (χ0) is 13.1. The molecule has 0 aromatic carbocycles. The molecule has 2 aromatic heterocycles. The first-order chi connectivity index (χ1) is 7.72. The molecule has 0 bridgehead atoms. The topological polar surface area (TPSA) is 95.9 Å². The first kappa shape index (κ1) is 13.4. The van der Waals surface area contributed by atoms with E-state index < -0.39 is 15.6 Å². The fourth-order valence-corrected chi connectivity index (χ4v) is 0.775. The molecule has 2 aromatic rings. The summed E-state index contributed by atoms with van der Waals surface area (Å²) >= 11 is 0. The maximum Gasteiger partial charge on any atom is 0.522 e. The van der Waals surface area contributed by atoms with Gasteiger partial charge in [0, 0.05) is 6.20 Å². The highest BCUT2D eigenvalue weighted by Crippen LogP contribution is 2.20. The summed E-state index contributed by atoms with van der Waals surface area (Å²) in [6, 6.07) is 3.82. The third-order valence-corrected chi connectivity index (χ3v) is 2.07. The fourth-order valence-electron chi connectivity index (χ4n) is 0.775. The first-order valence-electron chi connectivity index (χ1n) is 3.99. The van der Waals surface area contributed by atoms with Crippen LogP contribution in [0.1, 0.15) is 0 Å². The highest BCUT2D eigenvalue weighted by Gasteiger charge is 2.44. The van der Waals surface area contributed by atoms with Gasteiger partial charge in [-0.15, -0.1) is 0 Å². The van der Waals surface area contributed by atoms with E-state index in [1.807, 2.05) is 12.1 Å². The van der Waals surface area contributed by atoms with Crippen molar-refractivity contribution in [2.45, 2.75) is 5.51 Å². The summed E-state index contributed by atoms with van der Waals surface area (Å²) in [6.45, 7) is 0. The minimum absolute atomic E-state index is 0.775. The van der Waals surface area contributed by atoms with Gasteiger partial charge in [0.1, 0.15) is 0 Å². The Morgan fingerprint density at radius 3 is 2.35 bits per heavy atom. The van der Waals surface area contributed by atoms with Crippen molar-refractivity contribution in [3.8, 4) is 0 Å². The Morgan fingerprint density at radius 1 is 1.29 bits per heavy atom. The second-order valence-corrected chi connectivity index (χ2v) is 4.11. The molecule has 0 amide bonds. The molecule has 0 aliphatic carbocycles. The summed E-state index contributed by atoms with van der Waals surface area (Å²) in [5.41, 5.74) is -3.78. The Balaban J connectivity index is 0.000000172. The van der Waals surface area contributed by atoms with Crippen molar-refractivity contribution >= 4 is 21.3 Å². The van der Waals surface area contributed by atoms with Gasteiger partial charge in [-0.1, -0.05) is 0 Å². The number of imidazole rings is 1. The van der Waals surface area contributed by atoms with Crippen LogP contribution in [0.25, 0.3) is 11.2 Å². The number of rotatable bonds is 0. The van der Waals surface area contributed by atoms with Crippen LogP contribution in [0, 0.1) is 0 Å². The quantitative estimate of drug-likeness (QED) is 0.556. The predicted molar refractivity (Wildman–Crippen MR) is 51.5 cm³/mol. The van der Waals surface area contributed by atoms with Crippen LogP contribution in [0.15, 0.2) is 24.7 Å². The van der Waals surface area contributed by atoms with E-state index in [-0.39, 0.29) is 0 Å². The molecule has 2 N–H and O–H groups in total. The van der Waals surface area contributed by atoms with Crippen LogP contribution in [0.4, 0.5) is 13.2 Å². The molecule has 17 heavy (non-hydrogen) atoms. The summed E-state index contributed by atoms with van der Waals surface area (Å²) in [4.78, 5) is 10.9. The lowest BCUT2D eigenvalue weighted by molar-refractivity contribution is -0.0510. The zero-order valence-corrected chi connectivity index (χ0v) is 8.83. The number of pyridine rings is 1. The summed E-state index contributed by atoms with van der Waals surface area (Å²) in [5, 5.41) is 0. The molecule has 94 valence electrons. The van der Waals surface area contributed by atoms with Gasteiger partial charge >= 0.3 is 15.6 Å². The van der Waals surface area contributed by atoms with Gasteiger partial charge in [0.15, 0.2) is 5.65 Å². The van der Waals surface area contributed by atoms with Crippen molar-refractivity contribution in [1.82, 2.24) is 15.0 Å². The molecular formula is C7H6F3N3O3S. The van der Waals surface area contributed by atoms with Crippen LogP contribution in [0.2, 0.25) is 0 Å². The van der Waals surface area contributed by atoms with Crippen molar-refractivity contribution < 1.29 is 26.1 Å². The minimum Gasteiger partial charge on any atom is -0.343 e.